The molecule has 0 aromatic heterocycles. The first-order valence-electron chi connectivity index (χ1n) is 6.55. The molecule has 0 amide bonds. The average Bonchev–Trinajstić information content (AvgIpc) is 2.90. The molecule has 1 heterocycles. The molecule has 98 valence electrons. The van der Waals surface area contributed by atoms with Crippen LogP contribution in [0.1, 0.15) is 10.9 Å². The maximum Gasteiger partial charge on any atom is 0.122 e. The molecule has 0 fully saturated rings. The zero-order valence-corrected chi connectivity index (χ0v) is 11.5. The summed E-state index contributed by atoms with van der Waals surface area (Å²) in [5.74, 6) is 0.349. The molecule has 3 aromatic carbocycles. The Hall–Kier alpha value is -2.13. The number of hydrogen-bond acceptors (Lipinski definition) is 3. The fourth-order valence-corrected chi connectivity index (χ4v) is 3.75. The van der Waals surface area contributed by atoms with Crippen LogP contribution in [0.5, 0.6) is 5.75 Å². The summed E-state index contributed by atoms with van der Waals surface area (Å²) in [6.45, 7) is 0. The SMILES string of the molecule is Oc1cc2ccccc2cc1C1Nc2ccccc2S1. The Bertz CT molecular complexity index is 775. The van der Waals surface area contributed by atoms with Gasteiger partial charge in [0.2, 0.25) is 0 Å². The molecule has 0 saturated heterocycles. The fraction of sp³-hybridized carbons (Fsp3) is 0.0588. The summed E-state index contributed by atoms with van der Waals surface area (Å²) in [6.07, 6.45) is 0. The standard InChI is InChI=1S/C17H13NOS/c19-15-10-12-6-2-1-5-11(12)9-13(15)17-18-14-7-3-4-8-16(14)20-17/h1-10,17-19H. The van der Waals surface area contributed by atoms with Crippen LogP contribution in [0.15, 0.2) is 65.6 Å². The topological polar surface area (TPSA) is 32.3 Å². The van der Waals surface area contributed by atoms with Crippen molar-refractivity contribution in [3.8, 4) is 5.75 Å². The third-order valence-electron chi connectivity index (χ3n) is 3.60. The molecule has 0 bridgehead atoms. The molecule has 1 atom stereocenters. The Balaban J connectivity index is 1.78. The highest BCUT2D eigenvalue weighted by Crippen LogP contribution is 2.48. The summed E-state index contributed by atoms with van der Waals surface area (Å²) >= 11 is 1.74. The highest BCUT2D eigenvalue weighted by Gasteiger charge is 2.24. The monoisotopic (exact) mass is 279 g/mol. The molecule has 1 aliphatic rings. The lowest BCUT2D eigenvalue weighted by molar-refractivity contribution is 0.470. The van der Waals surface area contributed by atoms with Crippen molar-refractivity contribution in [2.75, 3.05) is 5.32 Å². The number of nitrogens with one attached hydrogen (secondary N) is 1. The minimum absolute atomic E-state index is 0.0667. The first-order valence-corrected chi connectivity index (χ1v) is 7.43. The van der Waals surface area contributed by atoms with Gasteiger partial charge in [0.25, 0.3) is 0 Å². The zero-order chi connectivity index (χ0) is 13.5. The largest absolute Gasteiger partial charge is 0.508 e. The maximum absolute atomic E-state index is 10.3. The lowest BCUT2D eigenvalue weighted by Gasteiger charge is -2.14. The Morgan fingerprint density at radius 1 is 0.900 bits per heavy atom. The molecule has 20 heavy (non-hydrogen) atoms. The molecular formula is C17H13NOS. The second-order valence-corrected chi connectivity index (χ2v) is 6.04. The maximum atomic E-state index is 10.3. The zero-order valence-electron chi connectivity index (χ0n) is 10.7. The van der Waals surface area contributed by atoms with Crippen LogP contribution < -0.4 is 5.32 Å². The first-order chi connectivity index (χ1) is 9.81. The number of hydrogen-bond donors (Lipinski definition) is 2. The van der Waals surface area contributed by atoms with E-state index in [9.17, 15) is 5.11 Å². The number of rotatable bonds is 1. The van der Waals surface area contributed by atoms with Crippen LogP contribution in [0.3, 0.4) is 0 Å². The predicted molar refractivity (Wildman–Crippen MR) is 84.3 cm³/mol. The molecule has 2 nitrogen and oxygen atoms in total. The van der Waals surface area contributed by atoms with Gasteiger partial charge in [0.05, 0.1) is 0 Å². The van der Waals surface area contributed by atoms with E-state index in [0.717, 1.165) is 22.0 Å². The van der Waals surface area contributed by atoms with E-state index in [2.05, 4.69) is 29.6 Å². The van der Waals surface area contributed by atoms with Gasteiger partial charge < -0.3 is 10.4 Å². The van der Waals surface area contributed by atoms with Gasteiger partial charge >= 0.3 is 0 Å². The van der Waals surface area contributed by atoms with Crippen LogP contribution in [0, 0.1) is 0 Å². The Kier molecular flexibility index (Phi) is 2.60. The van der Waals surface area contributed by atoms with Crippen LogP contribution in [0.25, 0.3) is 10.8 Å². The van der Waals surface area contributed by atoms with Crippen LogP contribution in [0.4, 0.5) is 5.69 Å². The van der Waals surface area contributed by atoms with Crippen molar-refractivity contribution < 1.29 is 5.11 Å². The highest BCUT2D eigenvalue weighted by molar-refractivity contribution is 8.00. The molecule has 0 radical (unpaired) electrons. The summed E-state index contributed by atoms with van der Waals surface area (Å²) in [5, 5.41) is 16.0. The Labute approximate surface area is 121 Å². The number of fused-ring (bicyclic) bond motifs is 2. The van der Waals surface area contributed by atoms with E-state index in [-0.39, 0.29) is 5.37 Å². The minimum atomic E-state index is 0.0667. The van der Waals surface area contributed by atoms with Crippen LogP contribution in [0.2, 0.25) is 0 Å². The van der Waals surface area contributed by atoms with Gasteiger partial charge in [0.15, 0.2) is 0 Å². The fourth-order valence-electron chi connectivity index (χ4n) is 2.58. The van der Waals surface area contributed by atoms with Crippen molar-refractivity contribution >= 4 is 28.2 Å². The van der Waals surface area contributed by atoms with E-state index >= 15 is 0 Å². The van der Waals surface area contributed by atoms with E-state index in [0.29, 0.717) is 5.75 Å². The normalized spacial score (nSPS) is 16.9. The van der Waals surface area contributed by atoms with Gasteiger partial charge in [-0.05, 0) is 35.0 Å². The van der Waals surface area contributed by atoms with Gasteiger partial charge in [0.1, 0.15) is 11.1 Å². The minimum Gasteiger partial charge on any atom is -0.508 e. The van der Waals surface area contributed by atoms with E-state index in [1.54, 1.807) is 11.8 Å². The lowest BCUT2D eigenvalue weighted by Crippen LogP contribution is -2.01. The number of phenolic OH excluding ortho intramolecular Hbond substituents is 1. The lowest BCUT2D eigenvalue weighted by atomic mass is 10.1. The van der Waals surface area contributed by atoms with Gasteiger partial charge in [0, 0.05) is 16.1 Å². The molecule has 3 aromatic rings. The van der Waals surface area contributed by atoms with Gasteiger partial charge in [-0.1, -0.05) is 48.2 Å². The van der Waals surface area contributed by atoms with Crippen LogP contribution in [-0.2, 0) is 0 Å². The molecule has 3 heteroatoms. The number of benzene rings is 3. The molecule has 1 aliphatic heterocycles. The quantitative estimate of drug-likeness (QED) is 0.673. The summed E-state index contributed by atoms with van der Waals surface area (Å²) in [5.41, 5.74) is 2.07. The van der Waals surface area contributed by atoms with Crippen molar-refractivity contribution in [3.05, 3.63) is 66.2 Å². The predicted octanol–water partition coefficient (Wildman–Crippen LogP) is 4.76. The van der Waals surface area contributed by atoms with Crippen molar-refractivity contribution in [1.82, 2.24) is 0 Å². The van der Waals surface area contributed by atoms with Gasteiger partial charge in [-0.2, -0.15) is 0 Å². The van der Waals surface area contributed by atoms with Gasteiger partial charge in [-0.3, -0.25) is 0 Å². The summed E-state index contributed by atoms with van der Waals surface area (Å²) in [4.78, 5) is 1.23. The Morgan fingerprint density at radius 2 is 1.60 bits per heavy atom. The van der Waals surface area contributed by atoms with Crippen molar-refractivity contribution in [3.63, 3.8) is 0 Å². The van der Waals surface area contributed by atoms with Crippen molar-refractivity contribution in [1.29, 1.82) is 0 Å². The number of aromatic hydroxyl groups is 1. The Morgan fingerprint density at radius 3 is 2.40 bits per heavy atom. The van der Waals surface area contributed by atoms with Gasteiger partial charge in [-0.25, -0.2) is 0 Å². The summed E-state index contributed by atoms with van der Waals surface area (Å²) < 4.78 is 0. The van der Waals surface area contributed by atoms with E-state index in [1.165, 1.54) is 4.90 Å². The summed E-state index contributed by atoms with van der Waals surface area (Å²) in [7, 11) is 0. The van der Waals surface area contributed by atoms with Crippen LogP contribution >= 0.6 is 11.8 Å². The number of phenols is 1. The molecule has 0 saturated carbocycles. The molecule has 0 aliphatic carbocycles. The van der Waals surface area contributed by atoms with E-state index < -0.39 is 0 Å². The average molecular weight is 279 g/mol. The smallest absolute Gasteiger partial charge is 0.122 e. The third-order valence-corrected chi connectivity index (χ3v) is 4.81. The third kappa shape index (κ3) is 1.82. The number of para-hydroxylation sites is 1. The molecule has 2 N–H and O–H groups in total. The molecule has 4 rings (SSSR count). The second kappa shape index (κ2) is 4.46. The van der Waals surface area contributed by atoms with Gasteiger partial charge in [-0.15, -0.1) is 0 Å². The second-order valence-electron chi connectivity index (χ2n) is 4.90. The first kappa shape index (κ1) is 11.7. The van der Waals surface area contributed by atoms with Crippen molar-refractivity contribution in [2.45, 2.75) is 10.3 Å². The number of anilines is 1. The van der Waals surface area contributed by atoms with E-state index in [4.69, 9.17) is 0 Å². The molecular weight excluding hydrogens is 266 g/mol. The molecule has 0 spiro atoms. The highest BCUT2D eigenvalue weighted by atomic mass is 32.2. The van der Waals surface area contributed by atoms with Crippen LogP contribution in [-0.4, -0.2) is 5.11 Å². The van der Waals surface area contributed by atoms with E-state index in [1.807, 2.05) is 36.4 Å². The summed E-state index contributed by atoms with van der Waals surface area (Å²) in [6, 6.07) is 20.2. The number of thioether (sulfide) groups is 1. The molecule has 1 unspecified atom stereocenters. The van der Waals surface area contributed by atoms with Crippen molar-refractivity contribution in [2.24, 2.45) is 0 Å².